The fourth-order valence-electron chi connectivity index (χ4n) is 2.10. The van der Waals surface area contributed by atoms with Crippen LogP contribution < -0.4 is 10.2 Å². The van der Waals surface area contributed by atoms with Crippen molar-refractivity contribution in [2.24, 2.45) is 5.10 Å². The number of ether oxygens (including phenoxy) is 1. The Labute approximate surface area is 168 Å². The predicted octanol–water partition coefficient (Wildman–Crippen LogP) is 4.85. The highest BCUT2D eigenvalue weighted by molar-refractivity contribution is 8.01. The van der Waals surface area contributed by atoms with Crippen LogP contribution >= 0.6 is 46.3 Å². The van der Waals surface area contributed by atoms with Crippen LogP contribution in [0.5, 0.6) is 5.75 Å². The molecule has 0 atom stereocenters. The summed E-state index contributed by atoms with van der Waals surface area (Å²) >= 11 is 15.1. The van der Waals surface area contributed by atoms with E-state index in [1.807, 2.05) is 24.3 Å². The van der Waals surface area contributed by atoms with E-state index < -0.39 is 0 Å². The third-order valence-electron chi connectivity index (χ3n) is 3.23. The van der Waals surface area contributed by atoms with Gasteiger partial charge in [-0.3, -0.25) is 4.79 Å². The number of hydrogen-bond acceptors (Lipinski definition) is 6. The molecule has 0 saturated carbocycles. The van der Waals surface area contributed by atoms with Gasteiger partial charge in [-0.1, -0.05) is 47.1 Å². The number of methoxy groups -OCH3 is 1. The van der Waals surface area contributed by atoms with Crippen molar-refractivity contribution in [1.82, 2.24) is 10.4 Å². The number of para-hydroxylation sites is 1. The maximum Gasteiger partial charge on any atom is 0.250 e. The number of nitrogens with zero attached hydrogens (tertiary/aromatic N) is 2. The molecule has 9 heteroatoms. The Morgan fingerprint density at radius 2 is 2.08 bits per heavy atom. The maximum absolute atomic E-state index is 11.9. The van der Waals surface area contributed by atoms with Gasteiger partial charge in [-0.2, -0.15) is 5.10 Å². The second-order valence-corrected chi connectivity index (χ2v) is 8.11. The summed E-state index contributed by atoms with van der Waals surface area (Å²) in [6, 6.07) is 11.2. The van der Waals surface area contributed by atoms with E-state index in [1.54, 1.807) is 23.5 Å². The van der Waals surface area contributed by atoms with Crippen LogP contribution in [0.1, 0.15) is 5.56 Å². The monoisotopic (exact) mass is 425 g/mol. The lowest BCUT2D eigenvalue weighted by molar-refractivity contribution is -0.118. The second-order valence-electron chi connectivity index (χ2n) is 5.05. The van der Waals surface area contributed by atoms with Crippen LogP contribution in [0.4, 0.5) is 0 Å². The Kier molecular flexibility index (Phi) is 6.37. The zero-order valence-electron chi connectivity index (χ0n) is 13.5. The molecule has 0 radical (unpaired) electrons. The molecule has 0 saturated heterocycles. The Hall–Kier alpha value is -1.80. The van der Waals surface area contributed by atoms with E-state index in [0.29, 0.717) is 21.4 Å². The summed E-state index contributed by atoms with van der Waals surface area (Å²) in [5.74, 6) is 0.402. The standard InChI is InChI=1S/C17H13Cl2N3O2S2/c1-24-16-11(18)6-10(7-12(16)19)8-20-22-15(23)9-25-17-21-13-4-2-3-5-14(13)26-17/h2-8H,9H2,1H3,(H,22,23)/b20-8-. The second kappa shape index (κ2) is 8.73. The maximum atomic E-state index is 11.9. The highest BCUT2D eigenvalue weighted by Gasteiger charge is 2.08. The molecule has 1 heterocycles. The van der Waals surface area contributed by atoms with Crippen molar-refractivity contribution in [2.45, 2.75) is 4.34 Å². The largest absolute Gasteiger partial charge is 0.494 e. The minimum atomic E-state index is -0.226. The van der Waals surface area contributed by atoms with Gasteiger partial charge in [0.25, 0.3) is 5.91 Å². The number of carbonyl (C=O) groups excluding carboxylic acids is 1. The zero-order chi connectivity index (χ0) is 18.5. The van der Waals surface area contributed by atoms with Gasteiger partial charge in [0.05, 0.1) is 39.3 Å². The molecule has 134 valence electrons. The SMILES string of the molecule is COc1c(Cl)cc(/C=N\NC(=O)CSc2nc3ccccc3s2)cc1Cl. The van der Waals surface area contributed by atoms with Crippen LogP contribution in [-0.4, -0.2) is 30.0 Å². The van der Waals surface area contributed by atoms with Crippen molar-refractivity contribution in [1.29, 1.82) is 0 Å². The molecule has 0 aliphatic carbocycles. The van der Waals surface area contributed by atoms with Crippen LogP contribution in [0, 0.1) is 0 Å². The Morgan fingerprint density at radius 3 is 2.77 bits per heavy atom. The quantitative estimate of drug-likeness (QED) is 0.348. The number of thioether (sulfide) groups is 1. The molecule has 1 amide bonds. The lowest BCUT2D eigenvalue weighted by Crippen LogP contribution is -2.19. The number of amides is 1. The molecule has 5 nitrogen and oxygen atoms in total. The van der Waals surface area contributed by atoms with Crippen molar-refractivity contribution in [3.05, 3.63) is 52.0 Å². The minimum Gasteiger partial charge on any atom is -0.494 e. The lowest BCUT2D eigenvalue weighted by Gasteiger charge is -2.06. The molecule has 0 spiro atoms. The number of aromatic nitrogens is 1. The van der Waals surface area contributed by atoms with E-state index >= 15 is 0 Å². The number of hydrazone groups is 1. The van der Waals surface area contributed by atoms with E-state index in [1.165, 1.54) is 25.1 Å². The van der Waals surface area contributed by atoms with Gasteiger partial charge < -0.3 is 4.74 Å². The molecule has 0 aliphatic heterocycles. The summed E-state index contributed by atoms with van der Waals surface area (Å²) in [7, 11) is 1.49. The van der Waals surface area contributed by atoms with Gasteiger partial charge in [-0.05, 0) is 29.8 Å². The van der Waals surface area contributed by atoms with Crippen molar-refractivity contribution < 1.29 is 9.53 Å². The molecule has 0 bridgehead atoms. The average molecular weight is 426 g/mol. The Balaban J connectivity index is 1.54. The number of hydrogen-bond donors (Lipinski definition) is 1. The predicted molar refractivity (Wildman–Crippen MR) is 109 cm³/mol. The first-order chi connectivity index (χ1) is 12.6. The average Bonchev–Trinajstić information content (AvgIpc) is 3.03. The molecular weight excluding hydrogens is 413 g/mol. The summed E-state index contributed by atoms with van der Waals surface area (Å²) in [5, 5.41) is 4.67. The number of thiazole rings is 1. The minimum absolute atomic E-state index is 0.223. The van der Waals surface area contributed by atoms with Crippen LogP contribution in [-0.2, 0) is 4.79 Å². The van der Waals surface area contributed by atoms with Gasteiger partial charge >= 0.3 is 0 Å². The van der Waals surface area contributed by atoms with E-state index in [0.717, 1.165) is 14.6 Å². The molecule has 0 unspecified atom stereocenters. The van der Waals surface area contributed by atoms with Crippen molar-refractivity contribution in [3.63, 3.8) is 0 Å². The third-order valence-corrected chi connectivity index (χ3v) is 5.97. The molecular formula is C17H13Cl2N3O2S2. The number of nitrogens with one attached hydrogen (secondary N) is 1. The lowest BCUT2D eigenvalue weighted by atomic mass is 10.2. The van der Waals surface area contributed by atoms with Gasteiger partial charge in [-0.15, -0.1) is 11.3 Å². The van der Waals surface area contributed by atoms with Crippen LogP contribution in [0.2, 0.25) is 10.0 Å². The van der Waals surface area contributed by atoms with E-state index in [-0.39, 0.29) is 11.7 Å². The van der Waals surface area contributed by atoms with E-state index in [2.05, 4.69) is 15.5 Å². The van der Waals surface area contributed by atoms with Gasteiger partial charge in [0.15, 0.2) is 10.1 Å². The van der Waals surface area contributed by atoms with E-state index in [9.17, 15) is 4.79 Å². The van der Waals surface area contributed by atoms with Gasteiger partial charge in [0.1, 0.15) is 0 Å². The summed E-state index contributed by atoms with van der Waals surface area (Å²) in [5.41, 5.74) is 4.06. The molecule has 3 rings (SSSR count). The molecule has 2 aromatic carbocycles. The Morgan fingerprint density at radius 1 is 1.35 bits per heavy atom. The summed E-state index contributed by atoms with van der Waals surface area (Å²) in [6.45, 7) is 0. The van der Waals surface area contributed by atoms with Gasteiger partial charge in [-0.25, -0.2) is 10.4 Å². The molecule has 3 aromatic rings. The number of carbonyl (C=O) groups is 1. The van der Waals surface area contributed by atoms with E-state index in [4.69, 9.17) is 27.9 Å². The third kappa shape index (κ3) is 4.67. The topological polar surface area (TPSA) is 63.6 Å². The normalized spacial score (nSPS) is 11.2. The van der Waals surface area contributed by atoms with Crippen LogP contribution in [0.15, 0.2) is 45.8 Å². The van der Waals surface area contributed by atoms with Gasteiger partial charge in [0.2, 0.25) is 0 Å². The van der Waals surface area contributed by atoms with Crippen molar-refractivity contribution in [2.75, 3.05) is 12.9 Å². The summed E-state index contributed by atoms with van der Waals surface area (Å²) in [6.07, 6.45) is 1.47. The fraction of sp³-hybridized carbons (Fsp3) is 0.118. The number of rotatable bonds is 6. The fourth-order valence-corrected chi connectivity index (χ4v) is 4.62. The van der Waals surface area contributed by atoms with Crippen LogP contribution in [0.25, 0.3) is 10.2 Å². The number of halogens is 2. The highest BCUT2D eigenvalue weighted by Crippen LogP contribution is 2.33. The molecule has 0 fully saturated rings. The molecule has 1 aromatic heterocycles. The first kappa shape index (κ1) is 19.0. The number of benzene rings is 2. The smallest absolute Gasteiger partial charge is 0.250 e. The molecule has 26 heavy (non-hydrogen) atoms. The van der Waals surface area contributed by atoms with Crippen molar-refractivity contribution >= 4 is 68.6 Å². The van der Waals surface area contributed by atoms with Crippen molar-refractivity contribution in [3.8, 4) is 5.75 Å². The Bertz CT molecular complexity index is 920. The summed E-state index contributed by atoms with van der Waals surface area (Å²) in [4.78, 5) is 16.4. The molecule has 1 N–H and O–H groups in total. The number of fused-ring (bicyclic) bond motifs is 1. The van der Waals surface area contributed by atoms with Gasteiger partial charge in [0, 0.05) is 0 Å². The highest BCUT2D eigenvalue weighted by atomic mass is 35.5. The first-order valence-corrected chi connectivity index (χ1v) is 9.96. The van der Waals surface area contributed by atoms with Crippen LogP contribution in [0.3, 0.4) is 0 Å². The first-order valence-electron chi connectivity index (χ1n) is 7.40. The molecule has 0 aliphatic rings. The zero-order valence-corrected chi connectivity index (χ0v) is 16.7. The summed E-state index contributed by atoms with van der Waals surface area (Å²) < 4.78 is 7.03.